The van der Waals surface area contributed by atoms with Gasteiger partial charge in [-0.15, -0.1) is 12.4 Å². The molecule has 6 heteroatoms. The highest BCUT2D eigenvalue weighted by molar-refractivity contribution is 6.00. The van der Waals surface area contributed by atoms with Crippen LogP contribution in [0.3, 0.4) is 0 Å². The predicted molar refractivity (Wildman–Crippen MR) is 97.6 cm³/mol. The van der Waals surface area contributed by atoms with Crippen molar-refractivity contribution in [1.29, 1.82) is 0 Å². The fourth-order valence-electron chi connectivity index (χ4n) is 3.48. The van der Waals surface area contributed by atoms with Crippen LogP contribution < -0.4 is 15.5 Å². The van der Waals surface area contributed by atoms with Gasteiger partial charge in [0.05, 0.1) is 5.92 Å². The molecule has 1 aromatic rings. The minimum atomic E-state index is -0.241. The number of rotatable bonds is 4. The standard InChI is InChI=1S/C18H25N3O2.ClH/c1-2-13-6-3-4-8-16(13)21-12-14(10-17(21)22)18(23)20-15-7-5-9-19-11-15;/h3-4,6,8,14-15,19H,2,5,7,9-12H2,1H3,(H,20,23);1H/t14?,15-;/m0./s1. The van der Waals surface area contributed by atoms with Crippen LogP contribution in [0, 0.1) is 5.92 Å². The molecule has 2 aliphatic heterocycles. The number of hydrogen-bond acceptors (Lipinski definition) is 3. The number of piperidine rings is 1. The maximum absolute atomic E-state index is 12.5. The maximum Gasteiger partial charge on any atom is 0.227 e. The third-order valence-corrected chi connectivity index (χ3v) is 4.80. The highest BCUT2D eigenvalue weighted by Gasteiger charge is 2.36. The fourth-order valence-corrected chi connectivity index (χ4v) is 3.48. The van der Waals surface area contributed by atoms with Gasteiger partial charge in [-0.05, 0) is 37.4 Å². The smallest absolute Gasteiger partial charge is 0.227 e. The molecule has 0 aromatic heterocycles. The maximum atomic E-state index is 12.5. The van der Waals surface area contributed by atoms with Crippen LogP contribution in [-0.4, -0.2) is 37.5 Å². The number of para-hydroxylation sites is 1. The molecule has 0 radical (unpaired) electrons. The second-order valence-corrected chi connectivity index (χ2v) is 6.44. The highest BCUT2D eigenvalue weighted by Crippen LogP contribution is 2.28. The van der Waals surface area contributed by atoms with Gasteiger partial charge < -0.3 is 15.5 Å². The first-order valence-electron chi connectivity index (χ1n) is 8.58. The lowest BCUT2D eigenvalue weighted by atomic mass is 10.0. The molecule has 132 valence electrons. The Bertz CT molecular complexity index is 587. The molecular weight excluding hydrogens is 326 g/mol. The van der Waals surface area contributed by atoms with Crippen molar-refractivity contribution < 1.29 is 9.59 Å². The summed E-state index contributed by atoms with van der Waals surface area (Å²) in [5.41, 5.74) is 2.10. The quantitative estimate of drug-likeness (QED) is 0.870. The van der Waals surface area contributed by atoms with Crippen LogP contribution >= 0.6 is 12.4 Å². The van der Waals surface area contributed by atoms with Crippen LogP contribution in [0.4, 0.5) is 5.69 Å². The normalized spacial score (nSPS) is 23.7. The number of halogens is 1. The van der Waals surface area contributed by atoms with Crippen molar-refractivity contribution in [3.63, 3.8) is 0 Å². The molecule has 0 aliphatic carbocycles. The van der Waals surface area contributed by atoms with Crippen LogP contribution in [0.1, 0.15) is 31.7 Å². The first-order valence-corrected chi connectivity index (χ1v) is 8.58. The molecule has 1 unspecified atom stereocenters. The number of nitrogens with zero attached hydrogens (tertiary/aromatic N) is 1. The van der Waals surface area contributed by atoms with E-state index in [9.17, 15) is 9.59 Å². The van der Waals surface area contributed by atoms with Gasteiger partial charge in [0.2, 0.25) is 11.8 Å². The average Bonchev–Trinajstić information content (AvgIpc) is 2.97. The monoisotopic (exact) mass is 351 g/mol. The number of nitrogens with one attached hydrogen (secondary N) is 2. The summed E-state index contributed by atoms with van der Waals surface area (Å²) in [6.07, 6.45) is 3.29. The van der Waals surface area contributed by atoms with Crippen molar-refractivity contribution in [2.45, 2.75) is 38.6 Å². The molecule has 24 heavy (non-hydrogen) atoms. The average molecular weight is 352 g/mol. The zero-order chi connectivity index (χ0) is 16.2. The highest BCUT2D eigenvalue weighted by atomic mass is 35.5. The van der Waals surface area contributed by atoms with E-state index in [1.54, 1.807) is 4.90 Å². The molecule has 2 aliphatic rings. The van der Waals surface area contributed by atoms with E-state index in [1.807, 2.05) is 24.3 Å². The van der Waals surface area contributed by atoms with E-state index in [0.29, 0.717) is 13.0 Å². The molecule has 3 rings (SSSR count). The Morgan fingerprint density at radius 2 is 2.17 bits per heavy atom. The lowest BCUT2D eigenvalue weighted by molar-refractivity contribution is -0.127. The summed E-state index contributed by atoms with van der Waals surface area (Å²) in [7, 11) is 0. The summed E-state index contributed by atoms with van der Waals surface area (Å²) in [5.74, 6) is -0.175. The molecule has 5 nitrogen and oxygen atoms in total. The van der Waals surface area contributed by atoms with Crippen LogP contribution in [0.2, 0.25) is 0 Å². The van der Waals surface area contributed by atoms with E-state index in [4.69, 9.17) is 0 Å². The van der Waals surface area contributed by atoms with Gasteiger partial charge in [-0.25, -0.2) is 0 Å². The summed E-state index contributed by atoms with van der Waals surface area (Å²) in [6.45, 7) is 4.42. The number of amides is 2. The molecular formula is C18H26ClN3O2. The van der Waals surface area contributed by atoms with Crippen LogP contribution in [0.15, 0.2) is 24.3 Å². The van der Waals surface area contributed by atoms with E-state index in [1.165, 1.54) is 0 Å². The van der Waals surface area contributed by atoms with Gasteiger partial charge >= 0.3 is 0 Å². The summed E-state index contributed by atoms with van der Waals surface area (Å²) >= 11 is 0. The number of carbonyl (C=O) groups is 2. The lowest BCUT2D eigenvalue weighted by Crippen LogP contribution is -2.47. The third kappa shape index (κ3) is 4.08. The molecule has 0 spiro atoms. The second-order valence-electron chi connectivity index (χ2n) is 6.44. The summed E-state index contributed by atoms with van der Waals surface area (Å²) in [5, 5.41) is 6.40. The van der Waals surface area contributed by atoms with E-state index < -0.39 is 0 Å². The molecule has 2 fully saturated rings. The summed E-state index contributed by atoms with van der Waals surface area (Å²) in [6, 6.07) is 8.15. The summed E-state index contributed by atoms with van der Waals surface area (Å²) < 4.78 is 0. The summed E-state index contributed by atoms with van der Waals surface area (Å²) in [4.78, 5) is 26.6. The van der Waals surface area contributed by atoms with Crippen LogP contribution in [0.25, 0.3) is 0 Å². The Labute approximate surface area is 149 Å². The first-order chi connectivity index (χ1) is 11.2. The van der Waals surface area contributed by atoms with E-state index >= 15 is 0 Å². The minimum absolute atomic E-state index is 0. The van der Waals surface area contributed by atoms with Crippen molar-refractivity contribution in [3.8, 4) is 0 Å². The first kappa shape index (κ1) is 18.7. The van der Waals surface area contributed by atoms with E-state index in [0.717, 1.165) is 43.6 Å². The van der Waals surface area contributed by atoms with Gasteiger partial charge in [0.25, 0.3) is 0 Å². The van der Waals surface area contributed by atoms with Gasteiger partial charge in [-0.1, -0.05) is 25.1 Å². The van der Waals surface area contributed by atoms with Gasteiger partial charge in [0.1, 0.15) is 0 Å². The van der Waals surface area contributed by atoms with Crippen molar-refractivity contribution in [1.82, 2.24) is 10.6 Å². The van der Waals surface area contributed by atoms with E-state index in [2.05, 4.69) is 17.6 Å². The molecule has 2 amide bonds. The number of hydrogen-bond donors (Lipinski definition) is 2. The van der Waals surface area contributed by atoms with Gasteiger partial charge in [0, 0.05) is 31.2 Å². The van der Waals surface area contributed by atoms with Crippen LogP contribution in [0.5, 0.6) is 0 Å². The minimum Gasteiger partial charge on any atom is -0.352 e. The molecule has 0 bridgehead atoms. The Kier molecular flexibility index (Phi) is 6.63. The van der Waals surface area contributed by atoms with Crippen LogP contribution in [-0.2, 0) is 16.0 Å². The lowest BCUT2D eigenvalue weighted by Gasteiger charge is -2.25. The zero-order valence-corrected chi connectivity index (χ0v) is 14.9. The molecule has 2 heterocycles. The molecule has 2 N–H and O–H groups in total. The predicted octanol–water partition coefficient (Wildman–Crippen LogP) is 1.89. The Balaban J connectivity index is 0.00000208. The number of benzene rings is 1. The van der Waals surface area contributed by atoms with Crippen molar-refractivity contribution in [3.05, 3.63) is 29.8 Å². The molecule has 2 atom stereocenters. The van der Waals surface area contributed by atoms with E-state index in [-0.39, 0.29) is 36.2 Å². The molecule has 2 saturated heterocycles. The topological polar surface area (TPSA) is 61.4 Å². The van der Waals surface area contributed by atoms with Crippen molar-refractivity contribution in [2.75, 3.05) is 24.5 Å². The van der Waals surface area contributed by atoms with Gasteiger partial charge in [-0.3, -0.25) is 9.59 Å². The number of carbonyl (C=O) groups excluding carboxylic acids is 2. The number of anilines is 1. The zero-order valence-electron chi connectivity index (χ0n) is 14.1. The fraction of sp³-hybridized carbons (Fsp3) is 0.556. The third-order valence-electron chi connectivity index (χ3n) is 4.80. The SMILES string of the molecule is CCc1ccccc1N1CC(C(=O)N[C@H]2CCCNC2)CC1=O.Cl. The Morgan fingerprint density at radius 3 is 2.88 bits per heavy atom. The Morgan fingerprint density at radius 1 is 1.38 bits per heavy atom. The molecule has 1 aromatic carbocycles. The van der Waals surface area contributed by atoms with Crippen molar-refractivity contribution >= 4 is 29.9 Å². The Hall–Kier alpha value is -1.59. The second kappa shape index (κ2) is 8.49. The number of aryl methyl sites for hydroxylation is 1. The van der Waals surface area contributed by atoms with Gasteiger partial charge in [-0.2, -0.15) is 0 Å². The largest absolute Gasteiger partial charge is 0.352 e. The van der Waals surface area contributed by atoms with Crippen molar-refractivity contribution in [2.24, 2.45) is 5.92 Å². The molecule has 0 saturated carbocycles. The van der Waals surface area contributed by atoms with Gasteiger partial charge in [0.15, 0.2) is 0 Å².